The van der Waals surface area contributed by atoms with Gasteiger partial charge in [0, 0.05) is 0 Å². The number of carbonyl (C=O) groups is 1. The van der Waals surface area contributed by atoms with Gasteiger partial charge in [-0.25, -0.2) is 5.84 Å². The molecule has 0 bridgehead atoms. The number of carbonyl (C=O) groups excluding carboxylic acids is 1. The van der Waals surface area contributed by atoms with Gasteiger partial charge in [-0.2, -0.15) is 0 Å². The van der Waals surface area contributed by atoms with E-state index in [0.717, 1.165) is 0 Å². The Morgan fingerprint density at radius 1 is 1.48 bits per heavy atom. The lowest BCUT2D eigenvalue weighted by atomic mass is 10.2. The highest BCUT2D eigenvalue weighted by Gasteiger charge is 2.12. The number of rotatable bonds is 6. The molecule has 0 aliphatic rings. The summed E-state index contributed by atoms with van der Waals surface area (Å²) in [6, 6.07) is 6.64. The summed E-state index contributed by atoms with van der Waals surface area (Å²) in [6.07, 6.45) is 2.65. The van der Waals surface area contributed by atoms with Crippen molar-refractivity contribution in [3.63, 3.8) is 0 Å². The number of nitrogens with two attached hydrogens (primary N) is 1. The van der Waals surface area contributed by atoms with Crippen LogP contribution >= 0.6 is 0 Å². The van der Waals surface area contributed by atoms with Crippen LogP contribution in [0.25, 0.3) is 0 Å². The molecule has 2 aromatic rings. The quantitative estimate of drug-likeness (QED) is 0.345. The third kappa shape index (κ3) is 3.54. The lowest BCUT2D eigenvalue weighted by Gasteiger charge is -2.10. The van der Waals surface area contributed by atoms with Crippen LogP contribution in [-0.4, -0.2) is 27.0 Å². The average Bonchev–Trinajstić information content (AvgIpc) is 2.96. The second-order valence-electron chi connectivity index (χ2n) is 4.04. The minimum Gasteiger partial charge on any atom is -0.491 e. The molecule has 1 amide bonds. The Morgan fingerprint density at radius 3 is 2.90 bits per heavy atom. The maximum Gasteiger partial charge on any atom is 0.381 e. The first-order chi connectivity index (χ1) is 10.1. The molecule has 0 saturated heterocycles. The molecular formula is C12H13N5O4. The molecule has 0 radical (unpaired) electrons. The first-order valence-electron chi connectivity index (χ1n) is 6.00. The second kappa shape index (κ2) is 6.48. The summed E-state index contributed by atoms with van der Waals surface area (Å²) in [6.45, 7) is 0.585. The van der Waals surface area contributed by atoms with Crippen molar-refractivity contribution in [1.29, 1.82) is 0 Å². The molecule has 1 aromatic carbocycles. The number of hydrogen-bond donors (Lipinski definition) is 2. The Labute approximate surface area is 119 Å². The third-order valence-electron chi connectivity index (χ3n) is 2.68. The molecule has 0 fully saturated rings. The van der Waals surface area contributed by atoms with E-state index in [1.54, 1.807) is 24.3 Å². The number of nitro groups is 1. The van der Waals surface area contributed by atoms with E-state index in [2.05, 4.69) is 4.98 Å². The van der Waals surface area contributed by atoms with Crippen molar-refractivity contribution in [2.45, 2.75) is 6.54 Å². The number of nitrogen functional groups attached to an aromatic ring is 1. The molecule has 0 saturated carbocycles. The summed E-state index contributed by atoms with van der Waals surface area (Å²) in [5.74, 6) is 4.80. The predicted molar refractivity (Wildman–Crippen MR) is 72.5 cm³/mol. The number of amides is 1. The molecule has 9 nitrogen and oxygen atoms in total. The van der Waals surface area contributed by atoms with Crippen molar-refractivity contribution >= 4 is 11.7 Å². The van der Waals surface area contributed by atoms with Crippen LogP contribution in [0.5, 0.6) is 5.75 Å². The van der Waals surface area contributed by atoms with Crippen molar-refractivity contribution in [1.82, 2.24) is 15.0 Å². The summed E-state index contributed by atoms with van der Waals surface area (Å²) in [4.78, 5) is 25.1. The molecule has 0 atom stereocenters. The van der Waals surface area contributed by atoms with Gasteiger partial charge in [-0.1, -0.05) is 12.1 Å². The normalized spacial score (nSPS) is 10.1. The monoisotopic (exact) mass is 291 g/mol. The smallest absolute Gasteiger partial charge is 0.381 e. The van der Waals surface area contributed by atoms with Crippen molar-refractivity contribution in [2.75, 3.05) is 6.61 Å². The van der Waals surface area contributed by atoms with Gasteiger partial charge in [0.2, 0.25) is 6.33 Å². The zero-order valence-corrected chi connectivity index (χ0v) is 10.9. The molecule has 1 aromatic heterocycles. The highest BCUT2D eigenvalue weighted by Crippen LogP contribution is 2.17. The second-order valence-corrected chi connectivity index (χ2v) is 4.04. The lowest BCUT2D eigenvalue weighted by molar-refractivity contribution is -0.389. The van der Waals surface area contributed by atoms with Gasteiger partial charge in [-0.05, 0) is 22.0 Å². The lowest BCUT2D eigenvalue weighted by Crippen LogP contribution is -2.30. The number of ether oxygens (including phenoxy) is 1. The van der Waals surface area contributed by atoms with Crippen LogP contribution < -0.4 is 16.0 Å². The van der Waals surface area contributed by atoms with Crippen molar-refractivity contribution in [3.8, 4) is 5.75 Å². The van der Waals surface area contributed by atoms with E-state index in [1.807, 2.05) is 5.43 Å². The van der Waals surface area contributed by atoms with E-state index in [4.69, 9.17) is 10.6 Å². The predicted octanol–water partition coefficient (Wildman–Crippen LogP) is 0.474. The fraction of sp³-hybridized carbons (Fsp3) is 0.167. The van der Waals surface area contributed by atoms with Crippen LogP contribution in [0.15, 0.2) is 36.8 Å². The molecule has 9 heteroatoms. The van der Waals surface area contributed by atoms with Crippen molar-refractivity contribution in [2.24, 2.45) is 5.84 Å². The van der Waals surface area contributed by atoms with E-state index in [-0.39, 0.29) is 12.4 Å². The third-order valence-corrected chi connectivity index (χ3v) is 2.68. The SMILES string of the molecule is NNC(=O)c1ccccc1OCCn1cnc([N+](=O)[O-])c1. The van der Waals surface area contributed by atoms with Gasteiger partial charge in [0.15, 0.2) is 0 Å². The van der Waals surface area contributed by atoms with Gasteiger partial charge in [0.05, 0.1) is 12.1 Å². The Bertz CT molecular complexity index is 655. The molecule has 0 unspecified atom stereocenters. The van der Waals surface area contributed by atoms with Crippen LogP contribution in [0.3, 0.4) is 0 Å². The molecule has 0 aliphatic carbocycles. The highest BCUT2D eigenvalue weighted by molar-refractivity contribution is 5.96. The van der Waals surface area contributed by atoms with Gasteiger partial charge in [-0.3, -0.25) is 10.2 Å². The summed E-state index contributed by atoms with van der Waals surface area (Å²) in [7, 11) is 0. The van der Waals surface area contributed by atoms with E-state index in [1.165, 1.54) is 17.1 Å². The zero-order chi connectivity index (χ0) is 15.2. The summed E-state index contributed by atoms with van der Waals surface area (Å²) in [5, 5.41) is 10.5. The number of benzene rings is 1. The number of imidazole rings is 1. The summed E-state index contributed by atoms with van der Waals surface area (Å²) in [5.41, 5.74) is 2.35. The first kappa shape index (κ1) is 14.5. The summed E-state index contributed by atoms with van der Waals surface area (Å²) < 4.78 is 7.03. The number of hydrazine groups is 1. The van der Waals surface area contributed by atoms with Crippen LogP contribution in [0.2, 0.25) is 0 Å². The van der Waals surface area contributed by atoms with Crippen molar-refractivity contribution < 1.29 is 14.5 Å². The standard InChI is InChI=1S/C12H13N5O4/c13-15-12(18)9-3-1-2-4-10(9)21-6-5-16-7-11(14-8-16)17(19)20/h1-4,7-8H,5-6,13H2,(H,15,18). The first-order valence-corrected chi connectivity index (χ1v) is 6.00. The topological polar surface area (TPSA) is 125 Å². The maximum absolute atomic E-state index is 11.5. The molecule has 110 valence electrons. The Kier molecular flexibility index (Phi) is 4.46. The average molecular weight is 291 g/mol. The Hall–Kier alpha value is -2.94. The van der Waals surface area contributed by atoms with Crippen LogP contribution in [-0.2, 0) is 6.54 Å². The van der Waals surface area contributed by atoms with Gasteiger partial charge in [-0.15, -0.1) is 0 Å². The van der Waals surface area contributed by atoms with Gasteiger partial charge in [0.1, 0.15) is 18.6 Å². The largest absolute Gasteiger partial charge is 0.491 e. The van der Waals surface area contributed by atoms with E-state index >= 15 is 0 Å². The molecular weight excluding hydrogens is 278 g/mol. The number of hydrogen-bond acceptors (Lipinski definition) is 6. The van der Waals surface area contributed by atoms with Crippen LogP contribution in [0.4, 0.5) is 5.82 Å². The van der Waals surface area contributed by atoms with E-state index in [0.29, 0.717) is 17.9 Å². The number of nitrogens with zero attached hydrogens (tertiary/aromatic N) is 3. The van der Waals surface area contributed by atoms with Crippen molar-refractivity contribution in [3.05, 3.63) is 52.5 Å². The van der Waals surface area contributed by atoms with Gasteiger partial charge < -0.3 is 19.4 Å². The van der Waals surface area contributed by atoms with E-state index < -0.39 is 10.8 Å². The minimum absolute atomic E-state index is 0.224. The van der Waals surface area contributed by atoms with E-state index in [9.17, 15) is 14.9 Å². The maximum atomic E-state index is 11.5. The Balaban J connectivity index is 1.97. The number of nitrogens with one attached hydrogen (secondary N) is 1. The zero-order valence-electron chi connectivity index (χ0n) is 10.9. The highest BCUT2D eigenvalue weighted by atomic mass is 16.6. The number of aromatic nitrogens is 2. The fourth-order valence-electron chi connectivity index (χ4n) is 1.68. The molecule has 3 N–H and O–H groups in total. The molecule has 1 heterocycles. The van der Waals surface area contributed by atoms with Crippen LogP contribution in [0.1, 0.15) is 10.4 Å². The molecule has 21 heavy (non-hydrogen) atoms. The minimum atomic E-state index is -0.571. The van der Waals surface area contributed by atoms with Gasteiger partial charge >= 0.3 is 5.82 Å². The summed E-state index contributed by atoms with van der Waals surface area (Å²) >= 11 is 0. The number of para-hydroxylation sites is 1. The fourth-order valence-corrected chi connectivity index (χ4v) is 1.68. The Morgan fingerprint density at radius 2 is 2.24 bits per heavy atom. The molecule has 0 aliphatic heterocycles. The molecule has 2 rings (SSSR count). The van der Waals surface area contributed by atoms with Gasteiger partial charge in [0.25, 0.3) is 5.91 Å². The van der Waals surface area contributed by atoms with Crippen LogP contribution in [0, 0.1) is 10.1 Å². The molecule has 0 spiro atoms.